The topological polar surface area (TPSA) is 77.5 Å². The summed E-state index contributed by atoms with van der Waals surface area (Å²) in [6.45, 7) is 1.46. The van der Waals surface area contributed by atoms with Gasteiger partial charge in [-0.05, 0) is 49.4 Å². The lowest BCUT2D eigenvalue weighted by Gasteiger charge is -2.16. The number of nitrogens with zero attached hydrogens (tertiary/aromatic N) is 1. The Morgan fingerprint density at radius 3 is 2.59 bits per heavy atom. The molecule has 1 aromatic heterocycles. The number of rotatable bonds is 6. The summed E-state index contributed by atoms with van der Waals surface area (Å²) < 4.78 is 11.0. The van der Waals surface area contributed by atoms with E-state index in [9.17, 15) is 9.59 Å². The maximum absolute atomic E-state index is 12.6. The van der Waals surface area contributed by atoms with E-state index in [0.29, 0.717) is 22.2 Å². The summed E-state index contributed by atoms with van der Waals surface area (Å²) in [5.41, 5.74) is 0.546. The molecule has 1 heterocycles. The summed E-state index contributed by atoms with van der Waals surface area (Å²) in [6, 6.07) is 14.6. The molecule has 0 aliphatic carbocycles. The molecule has 0 spiro atoms. The highest BCUT2D eigenvalue weighted by Gasteiger charge is 2.22. The Morgan fingerprint density at radius 1 is 1.07 bits per heavy atom. The SMILES string of the molecule is CC(OC(=O)c1ccccc1Oc1cccnc1)C(=O)Nc1ccc(Cl)cc1Cl. The standard InChI is InChI=1S/C21H16Cl2N2O4/c1-13(20(26)25-18-9-8-14(22)11-17(18)23)28-21(27)16-6-2-3-7-19(16)29-15-5-4-10-24-12-15/h2-13H,1H3,(H,25,26). The molecule has 3 aromatic rings. The maximum Gasteiger partial charge on any atom is 0.342 e. The minimum Gasteiger partial charge on any atom is -0.455 e. The highest BCUT2D eigenvalue weighted by atomic mass is 35.5. The third kappa shape index (κ3) is 5.47. The van der Waals surface area contributed by atoms with E-state index < -0.39 is 18.0 Å². The average Bonchev–Trinajstić information content (AvgIpc) is 2.71. The van der Waals surface area contributed by atoms with Crippen molar-refractivity contribution in [2.45, 2.75) is 13.0 Å². The van der Waals surface area contributed by atoms with Gasteiger partial charge < -0.3 is 14.8 Å². The van der Waals surface area contributed by atoms with Crippen molar-refractivity contribution >= 4 is 40.8 Å². The highest BCUT2D eigenvalue weighted by molar-refractivity contribution is 6.36. The number of ether oxygens (including phenoxy) is 2. The van der Waals surface area contributed by atoms with Gasteiger partial charge in [0, 0.05) is 11.2 Å². The number of benzene rings is 2. The molecule has 1 atom stereocenters. The zero-order valence-corrected chi connectivity index (χ0v) is 16.8. The third-order valence-electron chi connectivity index (χ3n) is 3.81. The number of halogens is 2. The molecule has 6 nitrogen and oxygen atoms in total. The van der Waals surface area contributed by atoms with Crippen molar-refractivity contribution in [3.63, 3.8) is 0 Å². The van der Waals surface area contributed by atoms with E-state index in [4.69, 9.17) is 32.7 Å². The molecule has 0 radical (unpaired) electrons. The van der Waals surface area contributed by atoms with E-state index in [2.05, 4.69) is 10.3 Å². The van der Waals surface area contributed by atoms with Gasteiger partial charge in [-0.3, -0.25) is 9.78 Å². The molecule has 0 saturated carbocycles. The molecule has 0 saturated heterocycles. The molecule has 0 fully saturated rings. The number of carbonyl (C=O) groups is 2. The van der Waals surface area contributed by atoms with Crippen LogP contribution in [0, 0.1) is 0 Å². The summed E-state index contributed by atoms with van der Waals surface area (Å²) in [6.07, 6.45) is 2.06. The molecular formula is C21H16Cl2N2O4. The number of anilines is 1. The number of esters is 1. The largest absolute Gasteiger partial charge is 0.455 e. The Labute approximate surface area is 177 Å². The first-order chi connectivity index (χ1) is 13.9. The van der Waals surface area contributed by atoms with Crippen LogP contribution in [-0.4, -0.2) is 23.0 Å². The fourth-order valence-electron chi connectivity index (χ4n) is 2.36. The van der Waals surface area contributed by atoms with Gasteiger partial charge in [-0.25, -0.2) is 4.79 Å². The van der Waals surface area contributed by atoms with Crippen LogP contribution >= 0.6 is 23.2 Å². The lowest BCUT2D eigenvalue weighted by molar-refractivity contribution is -0.123. The quantitative estimate of drug-likeness (QED) is 0.532. The van der Waals surface area contributed by atoms with E-state index in [-0.39, 0.29) is 10.6 Å². The number of amides is 1. The van der Waals surface area contributed by atoms with Gasteiger partial charge in [-0.2, -0.15) is 0 Å². The Balaban J connectivity index is 1.69. The van der Waals surface area contributed by atoms with Crippen molar-refractivity contribution in [3.05, 3.63) is 82.6 Å². The minimum atomic E-state index is -1.07. The molecule has 2 aromatic carbocycles. The van der Waals surface area contributed by atoms with Crippen molar-refractivity contribution in [1.82, 2.24) is 4.98 Å². The monoisotopic (exact) mass is 430 g/mol. The number of hydrogen-bond acceptors (Lipinski definition) is 5. The van der Waals surface area contributed by atoms with Crippen LogP contribution in [0.4, 0.5) is 5.69 Å². The van der Waals surface area contributed by atoms with Gasteiger partial charge in [0.25, 0.3) is 5.91 Å². The third-order valence-corrected chi connectivity index (χ3v) is 4.36. The first-order valence-corrected chi connectivity index (χ1v) is 9.33. The second-order valence-corrected chi connectivity index (χ2v) is 6.79. The molecule has 1 amide bonds. The van der Waals surface area contributed by atoms with Crippen LogP contribution in [0.1, 0.15) is 17.3 Å². The number of nitrogens with one attached hydrogen (secondary N) is 1. The second-order valence-electron chi connectivity index (χ2n) is 5.95. The van der Waals surface area contributed by atoms with Gasteiger partial charge in [0.05, 0.1) is 16.9 Å². The fourth-order valence-corrected chi connectivity index (χ4v) is 2.82. The van der Waals surface area contributed by atoms with Gasteiger partial charge in [-0.1, -0.05) is 35.3 Å². The van der Waals surface area contributed by atoms with Crippen LogP contribution in [0.3, 0.4) is 0 Å². The van der Waals surface area contributed by atoms with Crippen molar-refractivity contribution in [3.8, 4) is 11.5 Å². The normalized spacial score (nSPS) is 11.4. The summed E-state index contributed by atoms with van der Waals surface area (Å²) >= 11 is 11.9. The molecule has 29 heavy (non-hydrogen) atoms. The molecule has 8 heteroatoms. The number of para-hydroxylation sites is 1. The second kappa shape index (κ2) is 9.41. The molecule has 0 aliphatic heterocycles. The zero-order valence-electron chi connectivity index (χ0n) is 15.3. The van der Waals surface area contributed by atoms with Crippen LogP contribution in [-0.2, 0) is 9.53 Å². The smallest absolute Gasteiger partial charge is 0.342 e. The number of hydrogen-bond donors (Lipinski definition) is 1. The first kappa shape index (κ1) is 20.6. The van der Waals surface area contributed by atoms with Crippen LogP contribution in [0.15, 0.2) is 67.0 Å². The Hall–Kier alpha value is -3.09. The van der Waals surface area contributed by atoms with E-state index in [0.717, 1.165) is 0 Å². The Bertz CT molecular complexity index is 1030. The van der Waals surface area contributed by atoms with Gasteiger partial charge in [0.1, 0.15) is 17.1 Å². The van der Waals surface area contributed by atoms with E-state index >= 15 is 0 Å². The molecule has 0 aliphatic rings. The van der Waals surface area contributed by atoms with Gasteiger partial charge in [-0.15, -0.1) is 0 Å². The molecule has 1 unspecified atom stereocenters. The Kier molecular flexibility index (Phi) is 6.69. The predicted molar refractivity (Wildman–Crippen MR) is 111 cm³/mol. The van der Waals surface area contributed by atoms with E-state index in [1.54, 1.807) is 54.7 Å². The molecule has 0 bridgehead atoms. The maximum atomic E-state index is 12.6. The minimum absolute atomic E-state index is 0.181. The summed E-state index contributed by atoms with van der Waals surface area (Å²) in [5.74, 6) is -0.475. The van der Waals surface area contributed by atoms with Crippen molar-refractivity contribution in [2.75, 3.05) is 5.32 Å². The highest BCUT2D eigenvalue weighted by Crippen LogP contribution is 2.27. The van der Waals surface area contributed by atoms with Gasteiger partial charge in [0.15, 0.2) is 6.10 Å². The average molecular weight is 431 g/mol. The zero-order chi connectivity index (χ0) is 20.8. The van der Waals surface area contributed by atoms with Crippen LogP contribution < -0.4 is 10.1 Å². The molecule has 148 valence electrons. The molecule has 3 rings (SSSR count). The Morgan fingerprint density at radius 2 is 1.86 bits per heavy atom. The summed E-state index contributed by atoms with van der Waals surface area (Å²) in [7, 11) is 0. The molecule has 1 N–H and O–H groups in total. The number of aromatic nitrogens is 1. The van der Waals surface area contributed by atoms with Crippen molar-refractivity contribution < 1.29 is 19.1 Å². The van der Waals surface area contributed by atoms with E-state index in [1.165, 1.54) is 19.2 Å². The van der Waals surface area contributed by atoms with Gasteiger partial charge in [0.2, 0.25) is 0 Å². The number of pyridine rings is 1. The first-order valence-electron chi connectivity index (χ1n) is 8.58. The molecular weight excluding hydrogens is 415 g/mol. The summed E-state index contributed by atoms with van der Waals surface area (Å²) in [4.78, 5) is 28.9. The lowest BCUT2D eigenvalue weighted by atomic mass is 10.2. The van der Waals surface area contributed by atoms with Crippen LogP contribution in [0.2, 0.25) is 10.0 Å². The van der Waals surface area contributed by atoms with Crippen molar-refractivity contribution in [2.24, 2.45) is 0 Å². The summed E-state index contributed by atoms with van der Waals surface area (Å²) in [5, 5.41) is 3.32. The van der Waals surface area contributed by atoms with Gasteiger partial charge >= 0.3 is 5.97 Å². The lowest BCUT2D eigenvalue weighted by Crippen LogP contribution is -2.30. The van der Waals surface area contributed by atoms with Crippen molar-refractivity contribution in [1.29, 1.82) is 0 Å². The van der Waals surface area contributed by atoms with Crippen LogP contribution in [0.25, 0.3) is 0 Å². The fraction of sp³-hybridized carbons (Fsp3) is 0.0952. The number of carbonyl (C=O) groups excluding carboxylic acids is 2. The van der Waals surface area contributed by atoms with E-state index in [1.807, 2.05) is 0 Å². The van der Waals surface area contributed by atoms with Crippen LogP contribution in [0.5, 0.6) is 11.5 Å². The predicted octanol–water partition coefficient (Wildman–Crippen LogP) is 5.36.